The zero-order valence-electron chi connectivity index (χ0n) is 8.12. The molecule has 0 unspecified atom stereocenters. The third kappa shape index (κ3) is 1.72. The molecule has 2 rings (SSSR count). The van der Waals surface area contributed by atoms with Crippen LogP contribution in [0.5, 0.6) is 0 Å². The Bertz CT molecular complexity index is 552. The summed E-state index contributed by atoms with van der Waals surface area (Å²) >= 11 is 3.39. The summed E-state index contributed by atoms with van der Waals surface area (Å²) in [5, 5.41) is 1.74. The Kier molecular flexibility index (Phi) is 2.44. The number of hydrogen-bond acceptors (Lipinski definition) is 2. The molecule has 15 heavy (non-hydrogen) atoms. The number of halogens is 1. The van der Waals surface area contributed by atoms with Crippen molar-refractivity contribution in [3.8, 4) is 0 Å². The summed E-state index contributed by atoms with van der Waals surface area (Å²) in [7, 11) is 0. The summed E-state index contributed by atoms with van der Waals surface area (Å²) in [6.07, 6.45) is 1.60. The number of aryl methyl sites for hydroxylation is 1. The van der Waals surface area contributed by atoms with E-state index in [-0.39, 0.29) is 0 Å². The van der Waals surface area contributed by atoms with Gasteiger partial charge in [-0.05, 0) is 34.3 Å². The van der Waals surface area contributed by atoms with E-state index in [0.717, 1.165) is 20.8 Å². The number of rotatable bonds is 1. The van der Waals surface area contributed by atoms with Gasteiger partial charge in [-0.3, -0.25) is 4.79 Å². The average molecular weight is 265 g/mol. The van der Waals surface area contributed by atoms with E-state index in [0.29, 0.717) is 5.69 Å². The van der Waals surface area contributed by atoms with Crippen molar-refractivity contribution in [1.29, 1.82) is 0 Å². The van der Waals surface area contributed by atoms with Crippen molar-refractivity contribution in [3.63, 3.8) is 0 Å². The van der Waals surface area contributed by atoms with Gasteiger partial charge in [0.05, 0.1) is 0 Å². The van der Waals surface area contributed by atoms with Gasteiger partial charge in [0, 0.05) is 16.1 Å². The quantitative estimate of drug-likeness (QED) is 0.860. The molecule has 0 radical (unpaired) electrons. The van der Waals surface area contributed by atoms with Gasteiger partial charge in [-0.15, -0.1) is 0 Å². The molecule has 0 spiro atoms. The average Bonchev–Trinajstić information content (AvgIpc) is 2.17. The standard InChI is InChI=1S/C11H9BrN2O/c1-6-2-3-7-8(4-6)10(11(13)15)14-5-9(7)12/h2-5H,1H3,(H2,13,15). The van der Waals surface area contributed by atoms with Gasteiger partial charge in [-0.2, -0.15) is 0 Å². The zero-order chi connectivity index (χ0) is 11.0. The molecule has 0 aliphatic heterocycles. The fraction of sp³-hybridized carbons (Fsp3) is 0.0909. The number of carbonyl (C=O) groups excluding carboxylic acids is 1. The molecule has 1 aromatic carbocycles. The molecule has 0 fully saturated rings. The van der Waals surface area contributed by atoms with E-state index in [4.69, 9.17) is 5.73 Å². The molecule has 0 aliphatic rings. The Morgan fingerprint density at radius 2 is 2.13 bits per heavy atom. The van der Waals surface area contributed by atoms with E-state index in [1.807, 2.05) is 25.1 Å². The van der Waals surface area contributed by atoms with E-state index in [2.05, 4.69) is 20.9 Å². The summed E-state index contributed by atoms with van der Waals surface area (Å²) in [5.74, 6) is -0.502. The number of nitrogens with two attached hydrogens (primary N) is 1. The Hall–Kier alpha value is -1.42. The Morgan fingerprint density at radius 3 is 2.80 bits per heavy atom. The highest BCUT2D eigenvalue weighted by Crippen LogP contribution is 2.25. The second-order valence-corrected chi connectivity index (χ2v) is 4.22. The lowest BCUT2D eigenvalue weighted by Crippen LogP contribution is -2.13. The van der Waals surface area contributed by atoms with Crippen LogP contribution < -0.4 is 5.73 Å². The molecule has 76 valence electrons. The maximum Gasteiger partial charge on any atom is 0.267 e. The van der Waals surface area contributed by atoms with Gasteiger partial charge >= 0.3 is 0 Å². The largest absolute Gasteiger partial charge is 0.364 e. The van der Waals surface area contributed by atoms with Crippen LogP contribution in [0.3, 0.4) is 0 Å². The van der Waals surface area contributed by atoms with E-state index < -0.39 is 5.91 Å². The minimum Gasteiger partial charge on any atom is -0.364 e. The molecule has 1 amide bonds. The minimum atomic E-state index is -0.502. The topological polar surface area (TPSA) is 56.0 Å². The van der Waals surface area contributed by atoms with Gasteiger partial charge < -0.3 is 5.73 Å². The van der Waals surface area contributed by atoms with Crippen LogP contribution in [-0.4, -0.2) is 10.9 Å². The number of fused-ring (bicyclic) bond motifs is 1. The third-order valence-corrected chi connectivity index (χ3v) is 2.86. The molecule has 1 heterocycles. The first-order valence-electron chi connectivity index (χ1n) is 4.44. The van der Waals surface area contributed by atoms with Crippen molar-refractivity contribution in [2.45, 2.75) is 6.92 Å². The molecule has 4 heteroatoms. The molecule has 0 saturated heterocycles. The van der Waals surface area contributed by atoms with Crippen molar-refractivity contribution < 1.29 is 4.79 Å². The molecule has 3 nitrogen and oxygen atoms in total. The number of primary amides is 1. The Labute approximate surface area is 95.4 Å². The minimum absolute atomic E-state index is 0.317. The molecule has 0 bridgehead atoms. The third-order valence-electron chi connectivity index (χ3n) is 2.23. The van der Waals surface area contributed by atoms with Crippen LogP contribution in [0.2, 0.25) is 0 Å². The van der Waals surface area contributed by atoms with Gasteiger partial charge in [0.25, 0.3) is 5.91 Å². The molecular formula is C11H9BrN2O. The zero-order valence-corrected chi connectivity index (χ0v) is 9.71. The van der Waals surface area contributed by atoms with Crippen molar-refractivity contribution in [2.24, 2.45) is 5.73 Å². The van der Waals surface area contributed by atoms with E-state index in [1.54, 1.807) is 6.20 Å². The number of nitrogens with zero attached hydrogens (tertiary/aromatic N) is 1. The predicted octanol–water partition coefficient (Wildman–Crippen LogP) is 2.40. The lowest BCUT2D eigenvalue weighted by Gasteiger charge is -2.05. The number of hydrogen-bond donors (Lipinski definition) is 1. The number of benzene rings is 1. The van der Waals surface area contributed by atoms with E-state index >= 15 is 0 Å². The van der Waals surface area contributed by atoms with Crippen molar-refractivity contribution >= 4 is 32.6 Å². The Morgan fingerprint density at radius 1 is 1.40 bits per heavy atom. The maximum atomic E-state index is 11.2. The Balaban J connectivity index is 2.90. The van der Waals surface area contributed by atoms with Crippen LogP contribution in [0.25, 0.3) is 10.8 Å². The highest BCUT2D eigenvalue weighted by molar-refractivity contribution is 9.10. The summed E-state index contributed by atoms with van der Waals surface area (Å²) in [5.41, 5.74) is 6.65. The maximum absolute atomic E-state index is 11.2. The second-order valence-electron chi connectivity index (χ2n) is 3.37. The molecule has 2 N–H and O–H groups in total. The molecule has 0 atom stereocenters. The van der Waals surface area contributed by atoms with E-state index in [1.165, 1.54) is 0 Å². The van der Waals surface area contributed by atoms with Gasteiger partial charge in [0.2, 0.25) is 0 Å². The smallest absolute Gasteiger partial charge is 0.267 e. The predicted molar refractivity (Wildman–Crippen MR) is 62.7 cm³/mol. The first-order valence-corrected chi connectivity index (χ1v) is 5.23. The molecule has 0 saturated carbocycles. The SMILES string of the molecule is Cc1ccc2c(Br)cnc(C(N)=O)c2c1. The fourth-order valence-electron chi connectivity index (χ4n) is 1.52. The van der Waals surface area contributed by atoms with Crippen LogP contribution in [0.15, 0.2) is 28.9 Å². The monoisotopic (exact) mass is 264 g/mol. The summed E-state index contributed by atoms with van der Waals surface area (Å²) in [6, 6.07) is 5.84. The lowest BCUT2D eigenvalue weighted by molar-refractivity contribution is 0.0997. The molecule has 1 aromatic heterocycles. The van der Waals surface area contributed by atoms with Gasteiger partial charge in [0.15, 0.2) is 0 Å². The van der Waals surface area contributed by atoms with Crippen LogP contribution >= 0.6 is 15.9 Å². The summed E-state index contributed by atoms with van der Waals surface area (Å²) < 4.78 is 0.863. The highest BCUT2D eigenvalue weighted by Gasteiger charge is 2.10. The normalized spacial score (nSPS) is 10.5. The van der Waals surface area contributed by atoms with Crippen LogP contribution in [0.4, 0.5) is 0 Å². The van der Waals surface area contributed by atoms with Crippen molar-refractivity contribution in [2.75, 3.05) is 0 Å². The molecule has 0 aliphatic carbocycles. The highest BCUT2D eigenvalue weighted by atomic mass is 79.9. The van der Waals surface area contributed by atoms with E-state index in [9.17, 15) is 4.79 Å². The molecular weight excluding hydrogens is 256 g/mol. The summed E-state index contributed by atoms with van der Waals surface area (Å²) in [4.78, 5) is 15.2. The lowest BCUT2D eigenvalue weighted by atomic mass is 10.1. The fourth-order valence-corrected chi connectivity index (χ4v) is 1.97. The number of amides is 1. The number of pyridine rings is 1. The van der Waals surface area contributed by atoms with Gasteiger partial charge in [-0.25, -0.2) is 4.98 Å². The number of carbonyl (C=O) groups is 1. The first-order chi connectivity index (χ1) is 7.09. The van der Waals surface area contributed by atoms with Crippen molar-refractivity contribution in [1.82, 2.24) is 4.98 Å². The number of aromatic nitrogens is 1. The molecule has 2 aromatic rings. The van der Waals surface area contributed by atoms with Crippen LogP contribution in [0.1, 0.15) is 16.1 Å². The van der Waals surface area contributed by atoms with Gasteiger partial charge in [-0.1, -0.05) is 17.7 Å². The summed E-state index contributed by atoms with van der Waals surface area (Å²) in [6.45, 7) is 1.96. The van der Waals surface area contributed by atoms with Crippen LogP contribution in [0, 0.1) is 6.92 Å². The van der Waals surface area contributed by atoms with Crippen molar-refractivity contribution in [3.05, 3.63) is 40.1 Å². The van der Waals surface area contributed by atoms with Gasteiger partial charge in [0.1, 0.15) is 5.69 Å². The second kappa shape index (κ2) is 3.62. The first kappa shape index (κ1) is 10.1. The van der Waals surface area contributed by atoms with Crippen LogP contribution in [-0.2, 0) is 0 Å².